The number of hydrogen-bond donors (Lipinski definition) is 1. The molecule has 80 valence electrons. The first kappa shape index (κ1) is 10.5. The van der Waals surface area contributed by atoms with E-state index in [1.165, 1.54) is 18.4 Å². The van der Waals surface area contributed by atoms with Crippen LogP contribution in [0.5, 0.6) is 0 Å². The van der Waals surface area contributed by atoms with E-state index >= 15 is 0 Å². The lowest BCUT2D eigenvalue weighted by Gasteiger charge is -1.95. The van der Waals surface area contributed by atoms with E-state index < -0.39 is 5.97 Å². The standard InChI is InChI=1S/C11H8N2O2S/c1-15-11(14)10-9(13)7-3-2-6(5-12)4-8(7)16-10/h2-4H,13H2,1H3. The Morgan fingerprint density at radius 2 is 2.31 bits per heavy atom. The topological polar surface area (TPSA) is 76.1 Å². The van der Waals surface area contributed by atoms with Gasteiger partial charge in [-0.3, -0.25) is 0 Å². The Hall–Kier alpha value is -2.06. The molecule has 0 saturated heterocycles. The van der Waals surface area contributed by atoms with Crippen LogP contribution in [-0.4, -0.2) is 13.1 Å². The predicted molar refractivity (Wildman–Crippen MR) is 62.3 cm³/mol. The van der Waals surface area contributed by atoms with Gasteiger partial charge in [0.1, 0.15) is 4.88 Å². The number of nitrogens with zero attached hydrogens (tertiary/aromatic N) is 1. The second kappa shape index (κ2) is 3.83. The summed E-state index contributed by atoms with van der Waals surface area (Å²) in [4.78, 5) is 11.8. The Balaban J connectivity index is 2.68. The number of nitrogens with two attached hydrogens (primary N) is 1. The Kier molecular flexibility index (Phi) is 2.50. The van der Waals surface area contributed by atoms with Gasteiger partial charge in [-0.05, 0) is 12.1 Å². The highest BCUT2D eigenvalue weighted by Crippen LogP contribution is 2.34. The molecular formula is C11H8N2O2S. The average molecular weight is 232 g/mol. The number of carbonyl (C=O) groups is 1. The highest BCUT2D eigenvalue weighted by atomic mass is 32.1. The SMILES string of the molecule is COC(=O)c1sc2cc(C#N)ccc2c1N. The van der Waals surface area contributed by atoms with Crippen molar-refractivity contribution in [2.75, 3.05) is 12.8 Å². The van der Waals surface area contributed by atoms with Crippen molar-refractivity contribution < 1.29 is 9.53 Å². The summed E-state index contributed by atoms with van der Waals surface area (Å²) in [6, 6.07) is 7.17. The summed E-state index contributed by atoms with van der Waals surface area (Å²) in [6.07, 6.45) is 0. The van der Waals surface area contributed by atoms with Crippen LogP contribution in [0.2, 0.25) is 0 Å². The summed E-state index contributed by atoms with van der Waals surface area (Å²) in [7, 11) is 1.31. The van der Waals surface area contributed by atoms with E-state index in [-0.39, 0.29) is 0 Å². The number of methoxy groups -OCH3 is 1. The Bertz CT molecular complexity index is 610. The summed E-state index contributed by atoms with van der Waals surface area (Å²) in [6.45, 7) is 0. The number of nitriles is 1. The van der Waals surface area contributed by atoms with Crippen molar-refractivity contribution >= 4 is 33.1 Å². The van der Waals surface area contributed by atoms with E-state index in [1.807, 2.05) is 6.07 Å². The highest BCUT2D eigenvalue weighted by Gasteiger charge is 2.16. The van der Waals surface area contributed by atoms with Crippen LogP contribution in [-0.2, 0) is 4.74 Å². The van der Waals surface area contributed by atoms with Crippen LogP contribution in [0.4, 0.5) is 5.69 Å². The van der Waals surface area contributed by atoms with Gasteiger partial charge in [0, 0.05) is 10.1 Å². The van der Waals surface area contributed by atoms with Crippen molar-refractivity contribution in [3.63, 3.8) is 0 Å². The van der Waals surface area contributed by atoms with Gasteiger partial charge in [0.05, 0.1) is 24.4 Å². The normalized spacial score (nSPS) is 10.0. The zero-order valence-corrected chi connectivity index (χ0v) is 9.30. The molecule has 0 atom stereocenters. The molecule has 4 nitrogen and oxygen atoms in total. The minimum absolute atomic E-state index is 0.382. The van der Waals surface area contributed by atoms with E-state index in [4.69, 9.17) is 11.0 Å². The first-order valence-corrected chi connectivity index (χ1v) is 5.29. The van der Waals surface area contributed by atoms with E-state index in [9.17, 15) is 4.79 Å². The molecule has 0 aliphatic heterocycles. The van der Waals surface area contributed by atoms with Gasteiger partial charge in [-0.15, -0.1) is 11.3 Å². The Morgan fingerprint density at radius 1 is 1.56 bits per heavy atom. The van der Waals surface area contributed by atoms with Crippen molar-refractivity contribution in [1.82, 2.24) is 0 Å². The van der Waals surface area contributed by atoms with Crippen LogP contribution >= 0.6 is 11.3 Å². The van der Waals surface area contributed by atoms with Gasteiger partial charge in [0.15, 0.2) is 0 Å². The lowest BCUT2D eigenvalue weighted by molar-refractivity contribution is 0.0607. The number of esters is 1. The lowest BCUT2D eigenvalue weighted by atomic mass is 10.1. The largest absolute Gasteiger partial charge is 0.465 e. The number of nitrogen functional groups attached to an aromatic ring is 1. The maximum atomic E-state index is 11.4. The van der Waals surface area contributed by atoms with Crippen LogP contribution in [0.3, 0.4) is 0 Å². The third-order valence-corrected chi connectivity index (χ3v) is 3.38. The lowest BCUT2D eigenvalue weighted by Crippen LogP contribution is -2.01. The van der Waals surface area contributed by atoms with E-state index in [2.05, 4.69) is 4.74 Å². The van der Waals surface area contributed by atoms with Crippen molar-refractivity contribution in [2.24, 2.45) is 0 Å². The molecule has 0 fully saturated rings. The number of hydrogen-bond acceptors (Lipinski definition) is 5. The minimum atomic E-state index is -0.447. The van der Waals surface area contributed by atoms with Gasteiger partial charge >= 0.3 is 5.97 Å². The Morgan fingerprint density at radius 3 is 2.94 bits per heavy atom. The highest BCUT2D eigenvalue weighted by molar-refractivity contribution is 7.21. The molecule has 0 bridgehead atoms. The molecule has 5 heteroatoms. The summed E-state index contributed by atoms with van der Waals surface area (Å²) in [5.74, 6) is -0.447. The van der Waals surface area contributed by atoms with Crippen molar-refractivity contribution in [3.8, 4) is 6.07 Å². The maximum Gasteiger partial charge on any atom is 0.350 e. The van der Waals surface area contributed by atoms with Crippen molar-refractivity contribution in [1.29, 1.82) is 5.26 Å². The molecule has 0 radical (unpaired) electrons. The molecule has 2 rings (SSSR count). The van der Waals surface area contributed by atoms with Crippen LogP contribution in [0.1, 0.15) is 15.2 Å². The number of carbonyl (C=O) groups excluding carboxylic acids is 1. The summed E-state index contributed by atoms with van der Waals surface area (Å²) >= 11 is 1.24. The van der Waals surface area contributed by atoms with E-state index in [0.717, 1.165) is 10.1 Å². The maximum absolute atomic E-state index is 11.4. The van der Waals surface area contributed by atoms with Gasteiger partial charge in [0.2, 0.25) is 0 Å². The smallest absolute Gasteiger partial charge is 0.350 e. The molecule has 0 unspecified atom stereocenters. The summed E-state index contributed by atoms with van der Waals surface area (Å²) in [5.41, 5.74) is 6.79. The van der Waals surface area contributed by atoms with Gasteiger partial charge in [-0.2, -0.15) is 5.26 Å². The molecule has 0 aliphatic carbocycles. The molecule has 0 aliphatic rings. The van der Waals surface area contributed by atoms with Crippen LogP contribution in [0.25, 0.3) is 10.1 Å². The molecule has 1 aromatic heterocycles. The zero-order chi connectivity index (χ0) is 11.7. The number of fused-ring (bicyclic) bond motifs is 1. The number of rotatable bonds is 1. The van der Waals surface area contributed by atoms with E-state index in [0.29, 0.717) is 16.1 Å². The van der Waals surface area contributed by atoms with Crippen LogP contribution < -0.4 is 5.73 Å². The molecule has 2 N–H and O–H groups in total. The fourth-order valence-electron chi connectivity index (χ4n) is 1.43. The first-order valence-electron chi connectivity index (χ1n) is 4.48. The molecule has 0 saturated carbocycles. The fourth-order valence-corrected chi connectivity index (χ4v) is 2.51. The third kappa shape index (κ3) is 1.49. The molecule has 0 amide bonds. The average Bonchev–Trinajstić information content (AvgIpc) is 2.65. The number of ether oxygens (including phenoxy) is 1. The predicted octanol–water partition coefficient (Wildman–Crippen LogP) is 2.14. The van der Waals surface area contributed by atoms with Gasteiger partial charge in [-0.1, -0.05) is 6.07 Å². The summed E-state index contributed by atoms with van der Waals surface area (Å²) in [5, 5.41) is 9.54. The fraction of sp³-hybridized carbons (Fsp3) is 0.0909. The third-order valence-electron chi connectivity index (χ3n) is 2.23. The van der Waals surface area contributed by atoms with Crippen LogP contribution in [0.15, 0.2) is 18.2 Å². The van der Waals surface area contributed by atoms with Gasteiger partial charge in [-0.25, -0.2) is 4.79 Å². The molecule has 1 heterocycles. The second-order valence-corrected chi connectivity index (χ2v) is 4.21. The van der Waals surface area contributed by atoms with Crippen molar-refractivity contribution in [3.05, 3.63) is 28.6 Å². The molecule has 2 aromatic rings. The van der Waals surface area contributed by atoms with Crippen molar-refractivity contribution in [2.45, 2.75) is 0 Å². The molecule has 1 aromatic carbocycles. The Labute approximate surface area is 95.9 Å². The first-order chi connectivity index (χ1) is 7.67. The molecule has 16 heavy (non-hydrogen) atoms. The second-order valence-electron chi connectivity index (χ2n) is 3.16. The van der Waals surface area contributed by atoms with Gasteiger partial charge in [0.25, 0.3) is 0 Å². The number of benzene rings is 1. The quantitative estimate of drug-likeness (QED) is 0.764. The van der Waals surface area contributed by atoms with Gasteiger partial charge < -0.3 is 10.5 Å². The van der Waals surface area contributed by atoms with E-state index in [1.54, 1.807) is 18.2 Å². The number of anilines is 1. The summed E-state index contributed by atoms with van der Waals surface area (Å²) < 4.78 is 5.45. The molecule has 0 spiro atoms. The van der Waals surface area contributed by atoms with Crippen LogP contribution in [0, 0.1) is 11.3 Å². The zero-order valence-electron chi connectivity index (χ0n) is 8.48. The minimum Gasteiger partial charge on any atom is -0.465 e. The molecular weight excluding hydrogens is 224 g/mol. The number of thiophene rings is 1. The monoisotopic (exact) mass is 232 g/mol.